The van der Waals surface area contributed by atoms with Crippen LogP contribution in [-0.4, -0.2) is 17.5 Å². The fourth-order valence-electron chi connectivity index (χ4n) is 10.8. The summed E-state index contributed by atoms with van der Waals surface area (Å²) in [7, 11) is 0. The van der Waals surface area contributed by atoms with Gasteiger partial charge in [-0.15, -0.1) is 0 Å². The number of benzene rings is 9. The Hall–Kier alpha value is -8.08. The highest BCUT2D eigenvalue weighted by atomic mass is 16.3. The van der Waals surface area contributed by atoms with Crippen molar-refractivity contribution in [3.8, 4) is 11.1 Å². The first-order chi connectivity index (χ1) is 31.6. The molecule has 13 rings (SSSR count). The van der Waals surface area contributed by atoms with Gasteiger partial charge in [-0.2, -0.15) is 0 Å². The predicted molar refractivity (Wildman–Crippen MR) is 267 cm³/mol. The molecule has 1 N–H and O–H groups in total. The Labute approximate surface area is 370 Å². The number of hydrogen-bond donors (Lipinski definition) is 1. The molecule has 0 radical (unpaired) electrons. The summed E-state index contributed by atoms with van der Waals surface area (Å²) in [4.78, 5) is 8.29. The monoisotopic (exact) mass is 819 g/mol. The van der Waals surface area contributed by atoms with Crippen molar-refractivity contribution in [3.63, 3.8) is 0 Å². The fourth-order valence-corrected chi connectivity index (χ4v) is 10.8. The second kappa shape index (κ2) is 14.2. The molecule has 0 fully saturated rings. The highest BCUT2D eigenvalue weighted by Crippen LogP contribution is 2.53. The number of anilines is 2. The van der Waals surface area contributed by atoms with E-state index in [1.165, 1.54) is 33.0 Å². The minimum atomic E-state index is 0.0178. The van der Waals surface area contributed by atoms with E-state index < -0.39 is 0 Å². The molecule has 4 heteroatoms. The lowest BCUT2D eigenvalue weighted by Gasteiger charge is -2.31. The number of nitrogens with one attached hydrogen (secondary N) is 1. The largest absolute Gasteiger partial charge is 0.456 e. The van der Waals surface area contributed by atoms with Crippen LogP contribution in [0.15, 0.2) is 221 Å². The Kier molecular flexibility index (Phi) is 8.13. The van der Waals surface area contributed by atoms with Crippen LogP contribution in [0, 0.1) is 5.41 Å². The number of rotatable bonds is 4. The number of allylic oxidation sites excluding steroid dienone is 3. The fraction of sp³-hybridized carbons (Fsp3) is 0.0667. The molecule has 2 unspecified atom stereocenters. The van der Waals surface area contributed by atoms with Crippen molar-refractivity contribution in [3.05, 3.63) is 234 Å². The molecule has 4 nitrogen and oxygen atoms in total. The number of nitrogens with zero attached hydrogens (tertiary/aromatic N) is 2. The van der Waals surface area contributed by atoms with Gasteiger partial charge in [-0.3, -0.25) is 10.4 Å². The van der Waals surface area contributed by atoms with Gasteiger partial charge in [-0.25, -0.2) is 0 Å². The lowest BCUT2D eigenvalue weighted by atomic mass is 9.84. The summed E-state index contributed by atoms with van der Waals surface area (Å²) in [6.45, 7) is 2.12. The van der Waals surface area contributed by atoms with Gasteiger partial charge in [-0.1, -0.05) is 158 Å². The number of furan rings is 1. The van der Waals surface area contributed by atoms with E-state index in [-0.39, 0.29) is 12.0 Å². The average Bonchev–Trinajstić information content (AvgIpc) is 3.89. The minimum Gasteiger partial charge on any atom is -0.456 e. The van der Waals surface area contributed by atoms with Crippen LogP contribution in [0.25, 0.3) is 71.1 Å². The van der Waals surface area contributed by atoms with Crippen molar-refractivity contribution < 1.29 is 4.42 Å². The second-order valence-corrected chi connectivity index (χ2v) is 17.4. The average molecular weight is 820 g/mol. The second-order valence-electron chi connectivity index (χ2n) is 17.4. The third-order valence-electron chi connectivity index (χ3n) is 13.8. The molecule has 9 aromatic carbocycles. The third kappa shape index (κ3) is 5.62. The predicted octanol–water partition coefficient (Wildman–Crippen LogP) is 15.5. The Morgan fingerprint density at radius 1 is 0.609 bits per heavy atom. The van der Waals surface area contributed by atoms with Crippen LogP contribution in [0.4, 0.5) is 11.4 Å². The molecule has 1 aliphatic carbocycles. The Balaban J connectivity index is 1.14. The summed E-state index contributed by atoms with van der Waals surface area (Å²) in [5, 5.41) is 19.9. The third-order valence-corrected chi connectivity index (χ3v) is 13.8. The number of hydrogen-bond acceptors (Lipinski definition) is 4. The smallest absolute Gasteiger partial charge is 0.136 e. The first kappa shape index (κ1) is 36.6. The number of para-hydroxylation sites is 1. The highest BCUT2D eigenvalue weighted by molar-refractivity contribution is 6.29. The summed E-state index contributed by atoms with van der Waals surface area (Å²) in [6.07, 6.45) is 7.70. The standard InChI is InChI=1S/C60H41N3O/c1-36(39-19-13-20-40(32-39)38-14-3-2-4-15-38)62-60(50-34-43-18-7-8-21-44(43)45-22-9-10-23-46(45)50)51-30-37-26-27-47-49-33-41-16-5-6-17-42(41)35-54(49)63(53(47)31-37)52-28-29-56-57(58(52)59(51)61)48-24-11-12-25-55(48)64-56/h2-29,31-35,47,53,61H,30H2,1H3. The first-order valence-electron chi connectivity index (χ1n) is 22.2. The zero-order valence-electron chi connectivity index (χ0n) is 35.2. The van der Waals surface area contributed by atoms with Crippen LogP contribution >= 0.6 is 0 Å². The maximum absolute atomic E-state index is 10.9. The Morgan fingerprint density at radius 3 is 2.16 bits per heavy atom. The van der Waals surface area contributed by atoms with Crippen LogP contribution < -0.4 is 4.90 Å². The molecule has 0 amide bonds. The molecular formula is C60H41N3O. The summed E-state index contributed by atoms with van der Waals surface area (Å²) in [6, 6.07) is 64.8. The molecule has 3 heterocycles. The molecule has 3 aliphatic rings. The van der Waals surface area contributed by atoms with Crippen molar-refractivity contribution in [2.45, 2.75) is 25.3 Å². The van der Waals surface area contributed by atoms with E-state index in [0.717, 1.165) is 88.6 Å². The molecule has 1 aromatic heterocycles. The van der Waals surface area contributed by atoms with Crippen LogP contribution in [0.1, 0.15) is 41.5 Å². The van der Waals surface area contributed by atoms with Crippen molar-refractivity contribution in [2.75, 3.05) is 4.90 Å². The molecule has 0 saturated heterocycles. The van der Waals surface area contributed by atoms with Gasteiger partial charge < -0.3 is 9.32 Å². The summed E-state index contributed by atoms with van der Waals surface area (Å²) in [5.74, 6) is 0.147. The number of fused-ring (bicyclic) bond motifs is 13. The van der Waals surface area contributed by atoms with Gasteiger partial charge in [0.1, 0.15) is 11.2 Å². The van der Waals surface area contributed by atoms with E-state index in [2.05, 4.69) is 200 Å². The summed E-state index contributed by atoms with van der Waals surface area (Å²) < 4.78 is 6.64. The Morgan fingerprint density at radius 2 is 1.31 bits per heavy atom. The van der Waals surface area contributed by atoms with Crippen molar-refractivity contribution in [1.29, 1.82) is 5.41 Å². The quantitative estimate of drug-likeness (QED) is 0.142. The molecular weight excluding hydrogens is 779 g/mol. The van der Waals surface area contributed by atoms with Gasteiger partial charge in [0.2, 0.25) is 0 Å². The van der Waals surface area contributed by atoms with Gasteiger partial charge in [0.05, 0.1) is 23.1 Å². The molecule has 0 saturated carbocycles. The topological polar surface area (TPSA) is 52.6 Å². The van der Waals surface area contributed by atoms with Gasteiger partial charge in [0.15, 0.2) is 0 Å². The van der Waals surface area contributed by atoms with E-state index >= 15 is 0 Å². The van der Waals surface area contributed by atoms with E-state index in [9.17, 15) is 5.41 Å². The van der Waals surface area contributed by atoms with E-state index in [0.29, 0.717) is 12.1 Å². The SMILES string of the molecule is CC(=NC(=C1CC2=CC3C(C=C2)c2cc4ccccc4cc2N3c2ccc3oc4ccccc4c3c2C1=N)c1cc2ccccc2c2ccccc12)c1cccc(-c2ccccc2)c1. The van der Waals surface area contributed by atoms with Crippen molar-refractivity contribution in [2.24, 2.45) is 4.99 Å². The lowest BCUT2D eigenvalue weighted by Crippen LogP contribution is -2.30. The maximum Gasteiger partial charge on any atom is 0.136 e. The normalized spacial score (nSPS) is 17.7. The van der Waals surface area contributed by atoms with Gasteiger partial charge in [-0.05, 0) is 110 Å². The minimum absolute atomic E-state index is 0.0178. The van der Waals surface area contributed by atoms with Crippen molar-refractivity contribution in [1.82, 2.24) is 0 Å². The zero-order chi connectivity index (χ0) is 42.5. The van der Waals surface area contributed by atoms with Crippen molar-refractivity contribution >= 4 is 82.8 Å². The van der Waals surface area contributed by atoms with Crippen LogP contribution in [0.2, 0.25) is 0 Å². The maximum atomic E-state index is 10.9. The van der Waals surface area contributed by atoms with Gasteiger partial charge in [0.25, 0.3) is 0 Å². The van der Waals surface area contributed by atoms with Crippen LogP contribution in [0.5, 0.6) is 0 Å². The number of aliphatic imine (C=N–C) groups is 1. The molecule has 2 bridgehead atoms. The summed E-state index contributed by atoms with van der Waals surface area (Å²) in [5.41, 5.74) is 14.4. The van der Waals surface area contributed by atoms with Gasteiger partial charge in [0, 0.05) is 51.2 Å². The van der Waals surface area contributed by atoms with E-state index in [4.69, 9.17) is 9.41 Å². The summed E-state index contributed by atoms with van der Waals surface area (Å²) >= 11 is 0. The van der Waals surface area contributed by atoms with Gasteiger partial charge >= 0.3 is 0 Å². The first-order valence-corrected chi connectivity index (χ1v) is 22.2. The highest BCUT2D eigenvalue weighted by Gasteiger charge is 2.42. The molecule has 64 heavy (non-hydrogen) atoms. The van der Waals surface area contributed by atoms with Crippen LogP contribution in [0.3, 0.4) is 0 Å². The molecule has 2 atom stereocenters. The lowest BCUT2D eigenvalue weighted by molar-refractivity contribution is 0.668. The molecule has 302 valence electrons. The zero-order valence-corrected chi connectivity index (χ0v) is 35.2. The molecule has 10 aromatic rings. The Bertz CT molecular complexity index is 3750. The van der Waals surface area contributed by atoms with Crippen LogP contribution in [-0.2, 0) is 0 Å². The molecule has 2 aliphatic heterocycles. The van der Waals surface area contributed by atoms with E-state index in [1.54, 1.807) is 0 Å². The van der Waals surface area contributed by atoms with E-state index in [1.807, 2.05) is 12.1 Å². The molecule has 0 spiro atoms.